The number of fused-ring (bicyclic) bond motifs is 2. The Morgan fingerprint density at radius 2 is 1.85 bits per heavy atom. The molecule has 2 unspecified atom stereocenters. The highest BCUT2D eigenvalue weighted by molar-refractivity contribution is 7.11. The number of rotatable bonds is 18. The number of aliphatic hydroxyl groups excluding tert-OH is 1. The van der Waals surface area contributed by atoms with E-state index >= 15 is 0 Å². The monoisotopic (exact) mass is 938 g/mol. The molecule has 0 radical (unpaired) electrons. The van der Waals surface area contributed by atoms with E-state index in [1.807, 2.05) is 27.1 Å². The molecule has 6 N–H and O–H groups in total. The van der Waals surface area contributed by atoms with Crippen molar-refractivity contribution in [2.75, 3.05) is 80.5 Å². The zero-order valence-electron chi connectivity index (χ0n) is 38.2. The summed E-state index contributed by atoms with van der Waals surface area (Å²) in [6, 6.07) is 9.44. The molecule has 0 saturated carbocycles. The van der Waals surface area contributed by atoms with Crippen LogP contribution in [0.5, 0.6) is 5.75 Å². The van der Waals surface area contributed by atoms with Crippen LogP contribution in [0.2, 0.25) is 0 Å². The molecule has 20 nitrogen and oxygen atoms in total. The molecule has 8 rings (SSSR count). The highest BCUT2D eigenvalue weighted by Gasteiger charge is 2.40. The number of hydrogen-bond donors (Lipinski definition) is 6. The fraction of sp³-hybridized carbons (Fsp3) is 0.478. The number of likely N-dealkylation sites (N-methyl/N-ethyl adjacent to an activating group) is 1. The van der Waals surface area contributed by atoms with Crippen molar-refractivity contribution in [3.63, 3.8) is 0 Å². The highest BCUT2D eigenvalue weighted by atomic mass is 32.1. The van der Waals surface area contributed by atoms with E-state index in [4.69, 9.17) is 14.5 Å². The number of aliphatic hydroxyl groups is 1. The Labute approximate surface area is 392 Å². The summed E-state index contributed by atoms with van der Waals surface area (Å²) in [7, 11) is 3.39. The van der Waals surface area contributed by atoms with Gasteiger partial charge < -0.3 is 55.4 Å². The topological polar surface area (TPSA) is 236 Å². The molecule has 4 aliphatic rings. The number of likely N-dealkylation sites (tertiary alicyclic amines) is 1. The summed E-state index contributed by atoms with van der Waals surface area (Å²) in [5, 5.41) is 26.9. The van der Waals surface area contributed by atoms with Gasteiger partial charge in [-0.05, 0) is 62.9 Å². The molecule has 6 heterocycles. The average molecular weight is 939 g/mol. The van der Waals surface area contributed by atoms with Crippen LogP contribution in [0.25, 0.3) is 0 Å². The van der Waals surface area contributed by atoms with Crippen LogP contribution in [0, 0.1) is 6.92 Å². The zero-order valence-corrected chi connectivity index (χ0v) is 39.0. The minimum absolute atomic E-state index is 0.0230. The first-order valence-electron chi connectivity index (χ1n) is 22.7. The van der Waals surface area contributed by atoms with Gasteiger partial charge in [0.15, 0.2) is 5.82 Å². The smallest absolute Gasteiger partial charge is 0.255 e. The SMILES string of the molecule is CC[C@@H]1C(O)N(C)c2cnc(Nc3ccc(C(=O)NC4CCN(CCOCCNCC(=O)Nc5cccc6c5CN(C5CCC(=O)NC5=O)C6=O)CC4)cc3OC)nc2N1Cc1cnc(C)s1. The summed E-state index contributed by atoms with van der Waals surface area (Å²) in [6.07, 6.45) is 5.57. The molecule has 0 aliphatic carbocycles. The normalized spacial score (nSPS) is 19.8. The van der Waals surface area contributed by atoms with Gasteiger partial charge in [0.1, 0.15) is 23.7 Å². The van der Waals surface area contributed by atoms with E-state index in [9.17, 15) is 29.1 Å². The van der Waals surface area contributed by atoms with Crippen molar-refractivity contribution < 1.29 is 38.6 Å². The van der Waals surface area contributed by atoms with E-state index in [2.05, 4.69) is 46.4 Å². The molecular formula is C46H58N12O8S. The lowest BCUT2D eigenvalue weighted by Crippen LogP contribution is -2.55. The maximum atomic E-state index is 13.4. The van der Waals surface area contributed by atoms with E-state index in [0.717, 1.165) is 42.4 Å². The number of nitrogens with zero attached hydrogens (tertiary/aromatic N) is 7. The number of aromatic nitrogens is 3. The quantitative estimate of drug-likeness (QED) is 0.0622. The van der Waals surface area contributed by atoms with Crippen LogP contribution >= 0.6 is 11.3 Å². The van der Waals surface area contributed by atoms with Gasteiger partial charge in [0, 0.05) is 85.7 Å². The van der Waals surface area contributed by atoms with Crippen molar-refractivity contribution in [1.82, 2.24) is 40.7 Å². The Kier molecular flexibility index (Phi) is 14.9. The van der Waals surface area contributed by atoms with E-state index in [-0.39, 0.29) is 61.6 Å². The molecular weight excluding hydrogens is 881 g/mol. The molecule has 2 aromatic heterocycles. The molecule has 5 amide bonds. The number of nitrogens with one attached hydrogen (secondary N) is 5. The van der Waals surface area contributed by atoms with Gasteiger partial charge >= 0.3 is 0 Å². The lowest BCUT2D eigenvalue weighted by Gasteiger charge is -2.45. The summed E-state index contributed by atoms with van der Waals surface area (Å²) in [5.74, 6) is -0.0642. The van der Waals surface area contributed by atoms with Crippen molar-refractivity contribution >= 4 is 69.7 Å². The number of anilines is 5. The zero-order chi connectivity index (χ0) is 47.2. The fourth-order valence-electron chi connectivity index (χ4n) is 9.04. The molecule has 21 heteroatoms. The lowest BCUT2D eigenvalue weighted by molar-refractivity contribution is -0.137. The molecule has 2 saturated heterocycles. The number of hydrogen-bond acceptors (Lipinski definition) is 17. The van der Waals surface area contributed by atoms with E-state index in [0.29, 0.717) is 84.0 Å². The first-order chi connectivity index (χ1) is 32.4. The summed E-state index contributed by atoms with van der Waals surface area (Å²) >= 11 is 1.62. The second-order valence-electron chi connectivity index (χ2n) is 17.1. The first kappa shape index (κ1) is 47.2. The highest BCUT2D eigenvalue weighted by Crippen LogP contribution is 2.39. The maximum absolute atomic E-state index is 13.4. The molecule has 4 aliphatic heterocycles. The van der Waals surface area contributed by atoms with E-state index < -0.39 is 18.2 Å². The van der Waals surface area contributed by atoms with Crippen molar-refractivity contribution in [3.8, 4) is 5.75 Å². The molecule has 2 fully saturated rings. The third-order valence-electron chi connectivity index (χ3n) is 12.7. The third kappa shape index (κ3) is 10.8. The van der Waals surface area contributed by atoms with E-state index in [1.165, 1.54) is 4.90 Å². The maximum Gasteiger partial charge on any atom is 0.255 e. The summed E-state index contributed by atoms with van der Waals surface area (Å²) in [6.45, 7) is 8.58. The Bertz CT molecular complexity index is 2480. The second kappa shape index (κ2) is 21.1. The standard InChI is InChI=1S/C46H58N12O8S/c1-5-35-45(64)55(3)37-23-49-46(54-41(37)57(35)25-30-22-48-27(2)67-30)52-34-10-9-28(21-38(34)65-4)42(61)50-29-13-16-56(17-14-29)18-20-66-19-15-47-24-40(60)51-33-8-6-7-31-32(33)26-58(44(31)63)36-11-12-39(59)53-43(36)62/h6-10,21-23,29,35-36,45,47,64H,5,11-20,24-26H2,1-4H3,(H,50,61)(H,51,60)(H,49,52,54)(H,53,59,62)/t35-,36?,45?/m1/s1. The second-order valence-corrected chi connectivity index (χ2v) is 18.4. The van der Waals surface area contributed by atoms with Crippen molar-refractivity contribution in [2.45, 2.75) is 83.4 Å². The fourth-order valence-corrected chi connectivity index (χ4v) is 9.83. The van der Waals surface area contributed by atoms with Gasteiger partial charge in [0.25, 0.3) is 11.8 Å². The van der Waals surface area contributed by atoms with Crippen LogP contribution in [0.3, 0.4) is 0 Å². The number of methoxy groups -OCH3 is 1. The minimum Gasteiger partial charge on any atom is -0.495 e. The van der Waals surface area contributed by atoms with Gasteiger partial charge in [0.05, 0.1) is 56.3 Å². The number of piperidine rings is 2. The average Bonchev–Trinajstić information content (AvgIpc) is 3.90. The Morgan fingerprint density at radius 3 is 2.60 bits per heavy atom. The minimum atomic E-state index is -0.733. The van der Waals surface area contributed by atoms with Crippen LogP contribution in [0.1, 0.15) is 75.2 Å². The van der Waals surface area contributed by atoms with Crippen LogP contribution < -0.4 is 41.1 Å². The Hall–Kier alpha value is -6.26. The van der Waals surface area contributed by atoms with Crippen molar-refractivity contribution in [1.29, 1.82) is 0 Å². The predicted octanol–water partition coefficient (Wildman–Crippen LogP) is 2.75. The summed E-state index contributed by atoms with van der Waals surface area (Å²) in [4.78, 5) is 86.0. The number of carbonyl (C=O) groups is 5. The Balaban J connectivity index is 0.741. The number of imide groups is 1. The van der Waals surface area contributed by atoms with Gasteiger partial charge in [-0.1, -0.05) is 13.0 Å². The van der Waals surface area contributed by atoms with Gasteiger partial charge in [-0.15, -0.1) is 11.3 Å². The summed E-state index contributed by atoms with van der Waals surface area (Å²) < 4.78 is 11.5. The van der Waals surface area contributed by atoms with Gasteiger partial charge in [-0.25, -0.2) is 9.97 Å². The van der Waals surface area contributed by atoms with Crippen molar-refractivity contribution in [2.24, 2.45) is 0 Å². The van der Waals surface area contributed by atoms with Gasteiger partial charge in [0.2, 0.25) is 23.7 Å². The molecule has 0 spiro atoms. The molecule has 67 heavy (non-hydrogen) atoms. The molecule has 356 valence electrons. The summed E-state index contributed by atoms with van der Waals surface area (Å²) in [5.41, 5.74) is 3.38. The molecule has 2 aromatic carbocycles. The molecule has 4 aromatic rings. The number of carbonyl (C=O) groups excluding carboxylic acids is 5. The van der Waals surface area contributed by atoms with Gasteiger partial charge in [-0.3, -0.25) is 29.3 Å². The number of ether oxygens (including phenoxy) is 2. The van der Waals surface area contributed by atoms with Crippen molar-refractivity contribution in [3.05, 3.63) is 75.4 Å². The lowest BCUT2D eigenvalue weighted by atomic mass is 10.0. The molecule has 0 bridgehead atoms. The van der Waals surface area contributed by atoms with Crippen LogP contribution in [0.4, 0.5) is 28.8 Å². The first-order valence-corrected chi connectivity index (χ1v) is 23.5. The third-order valence-corrected chi connectivity index (χ3v) is 13.6. The number of thiazole rings is 1. The van der Waals surface area contributed by atoms with E-state index in [1.54, 1.807) is 65.9 Å². The molecule has 3 atom stereocenters. The predicted molar refractivity (Wildman–Crippen MR) is 252 cm³/mol. The largest absolute Gasteiger partial charge is 0.495 e. The number of aryl methyl sites for hydroxylation is 1. The van der Waals surface area contributed by atoms with Crippen LogP contribution in [-0.4, -0.2) is 144 Å². The number of benzene rings is 2. The Morgan fingerprint density at radius 1 is 1.03 bits per heavy atom. The van der Waals surface area contributed by atoms with Crippen LogP contribution in [0.15, 0.2) is 48.8 Å². The number of amides is 5. The van der Waals surface area contributed by atoms with Crippen LogP contribution in [-0.2, 0) is 32.2 Å². The van der Waals surface area contributed by atoms with Gasteiger partial charge in [-0.2, -0.15) is 4.98 Å².